The molecule has 2 rings (SSSR count). The molecule has 0 spiro atoms. The topological polar surface area (TPSA) is 52.7 Å². The third-order valence-corrected chi connectivity index (χ3v) is 3.21. The van der Waals surface area contributed by atoms with Gasteiger partial charge in [-0.25, -0.2) is 0 Å². The van der Waals surface area contributed by atoms with Crippen molar-refractivity contribution in [3.63, 3.8) is 0 Å². The number of hydrogen-bond acceptors (Lipinski definition) is 3. The Hall–Kier alpha value is -1.91. The van der Waals surface area contributed by atoms with Crippen LogP contribution in [0.5, 0.6) is 0 Å². The van der Waals surface area contributed by atoms with Gasteiger partial charge in [-0.3, -0.25) is 14.2 Å². The smallest absolute Gasteiger partial charge is 0.153 e. The van der Waals surface area contributed by atoms with Gasteiger partial charge in [0.05, 0.1) is 16.8 Å². The van der Waals surface area contributed by atoms with E-state index in [2.05, 4.69) is 37.9 Å². The maximum absolute atomic E-state index is 11.3. The Morgan fingerprint density at radius 3 is 2.45 bits per heavy atom. The molecule has 108 valence electrons. The Labute approximate surface area is 119 Å². The summed E-state index contributed by atoms with van der Waals surface area (Å²) in [5.41, 5.74) is 3.08. The number of aryl methyl sites for hydroxylation is 2. The van der Waals surface area contributed by atoms with Gasteiger partial charge in [0.1, 0.15) is 5.69 Å². The molecule has 0 aliphatic rings. The second-order valence-electron chi connectivity index (χ2n) is 6.06. The van der Waals surface area contributed by atoms with Gasteiger partial charge in [0.25, 0.3) is 0 Å². The summed E-state index contributed by atoms with van der Waals surface area (Å²) in [5, 5.41) is 9.07. The Bertz CT molecular complexity index is 616. The van der Waals surface area contributed by atoms with Crippen LogP contribution in [-0.4, -0.2) is 25.8 Å². The highest BCUT2D eigenvalue weighted by molar-refractivity contribution is 5.85. The van der Waals surface area contributed by atoms with Gasteiger partial charge in [-0.15, -0.1) is 0 Å². The van der Waals surface area contributed by atoms with E-state index in [0.29, 0.717) is 5.56 Å². The molecule has 0 unspecified atom stereocenters. The molecule has 0 aromatic carbocycles. The molecule has 5 nitrogen and oxygen atoms in total. The second kappa shape index (κ2) is 5.23. The van der Waals surface area contributed by atoms with Gasteiger partial charge in [-0.2, -0.15) is 10.2 Å². The van der Waals surface area contributed by atoms with Gasteiger partial charge < -0.3 is 0 Å². The molecule has 0 saturated carbocycles. The van der Waals surface area contributed by atoms with Crippen LogP contribution < -0.4 is 0 Å². The predicted molar refractivity (Wildman–Crippen MR) is 78.9 cm³/mol. The summed E-state index contributed by atoms with van der Waals surface area (Å²) in [6.45, 7) is 11.1. The summed E-state index contributed by atoms with van der Waals surface area (Å²) in [6, 6.07) is 0. The van der Waals surface area contributed by atoms with Crippen molar-refractivity contribution < 1.29 is 4.79 Å². The first-order valence-corrected chi connectivity index (χ1v) is 6.96. The van der Waals surface area contributed by atoms with Crippen molar-refractivity contribution in [1.82, 2.24) is 19.6 Å². The van der Waals surface area contributed by atoms with Crippen LogP contribution in [0, 0.1) is 6.92 Å². The van der Waals surface area contributed by atoms with Gasteiger partial charge in [0.15, 0.2) is 6.29 Å². The van der Waals surface area contributed by atoms with E-state index >= 15 is 0 Å². The Morgan fingerprint density at radius 2 is 1.95 bits per heavy atom. The predicted octanol–water partition coefficient (Wildman–Crippen LogP) is 3.03. The first-order chi connectivity index (χ1) is 9.36. The fourth-order valence-corrected chi connectivity index (χ4v) is 2.11. The van der Waals surface area contributed by atoms with E-state index < -0.39 is 0 Å². The van der Waals surface area contributed by atoms with Crippen LogP contribution in [0.1, 0.15) is 50.2 Å². The van der Waals surface area contributed by atoms with Crippen LogP contribution >= 0.6 is 0 Å². The Kier molecular flexibility index (Phi) is 3.79. The first-order valence-electron chi connectivity index (χ1n) is 6.96. The highest BCUT2D eigenvalue weighted by Gasteiger charge is 2.20. The number of nitrogens with zero attached hydrogens (tertiary/aromatic N) is 4. The monoisotopic (exact) mass is 274 g/mol. The fourth-order valence-electron chi connectivity index (χ4n) is 2.11. The second-order valence-corrected chi connectivity index (χ2v) is 6.06. The minimum absolute atomic E-state index is 0.0870. The van der Waals surface area contributed by atoms with Crippen molar-refractivity contribution in [2.45, 2.75) is 53.1 Å². The molecule has 0 bridgehead atoms. The van der Waals surface area contributed by atoms with Crippen LogP contribution in [0.2, 0.25) is 0 Å². The molecule has 2 heterocycles. The van der Waals surface area contributed by atoms with Crippen LogP contribution in [0.25, 0.3) is 11.3 Å². The van der Waals surface area contributed by atoms with E-state index in [0.717, 1.165) is 36.2 Å². The molecule has 2 aromatic rings. The van der Waals surface area contributed by atoms with Gasteiger partial charge in [0, 0.05) is 24.5 Å². The lowest BCUT2D eigenvalue weighted by Crippen LogP contribution is -2.22. The fraction of sp³-hybridized carbons (Fsp3) is 0.533. The lowest BCUT2D eigenvalue weighted by atomic mass is 10.1. The number of rotatable bonds is 4. The van der Waals surface area contributed by atoms with E-state index in [4.69, 9.17) is 0 Å². The molecular weight excluding hydrogens is 252 g/mol. The highest BCUT2D eigenvalue weighted by Crippen LogP contribution is 2.26. The average Bonchev–Trinajstić information content (AvgIpc) is 2.92. The zero-order valence-corrected chi connectivity index (χ0v) is 12.8. The van der Waals surface area contributed by atoms with Gasteiger partial charge >= 0.3 is 0 Å². The summed E-state index contributed by atoms with van der Waals surface area (Å²) in [4.78, 5) is 11.3. The molecular formula is C15H22N4O. The molecule has 0 atom stereocenters. The first kappa shape index (κ1) is 14.5. The van der Waals surface area contributed by atoms with Crippen molar-refractivity contribution in [3.8, 4) is 11.3 Å². The van der Waals surface area contributed by atoms with Gasteiger partial charge in [-0.1, -0.05) is 6.92 Å². The molecule has 0 aliphatic heterocycles. The van der Waals surface area contributed by atoms with Crippen molar-refractivity contribution in [2.75, 3.05) is 0 Å². The number of aldehydes is 1. The number of aromatic nitrogens is 4. The highest BCUT2D eigenvalue weighted by atomic mass is 16.1. The van der Waals surface area contributed by atoms with Crippen LogP contribution in [0.4, 0.5) is 0 Å². The van der Waals surface area contributed by atoms with Crippen molar-refractivity contribution in [1.29, 1.82) is 0 Å². The molecule has 0 saturated heterocycles. The maximum Gasteiger partial charge on any atom is 0.153 e. The molecule has 0 aliphatic carbocycles. The molecule has 0 amide bonds. The quantitative estimate of drug-likeness (QED) is 0.805. The van der Waals surface area contributed by atoms with Crippen molar-refractivity contribution in [2.24, 2.45) is 0 Å². The minimum Gasteiger partial charge on any atom is -0.298 e. The van der Waals surface area contributed by atoms with E-state index in [1.165, 1.54) is 0 Å². The lowest BCUT2D eigenvalue weighted by Gasteiger charge is -2.18. The summed E-state index contributed by atoms with van der Waals surface area (Å²) < 4.78 is 3.75. The van der Waals surface area contributed by atoms with Crippen molar-refractivity contribution in [3.05, 3.63) is 23.7 Å². The van der Waals surface area contributed by atoms with E-state index in [1.54, 1.807) is 6.20 Å². The summed E-state index contributed by atoms with van der Waals surface area (Å²) in [5.74, 6) is 0. The molecule has 0 radical (unpaired) electrons. The summed E-state index contributed by atoms with van der Waals surface area (Å²) >= 11 is 0. The third-order valence-electron chi connectivity index (χ3n) is 3.21. The minimum atomic E-state index is -0.0870. The third kappa shape index (κ3) is 2.66. The number of carbonyl (C=O) groups excluding carboxylic acids is 1. The maximum atomic E-state index is 11.3. The van der Waals surface area contributed by atoms with E-state index in [9.17, 15) is 4.79 Å². The zero-order chi connectivity index (χ0) is 14.9. The van der Waals surface area contributed by atoms with E-state index in [1.807, 2.05) is 22.5 Å². The number of carbonyl (C=O) groups is 1. The Morgan fingerprint density at radius 1 is 1.25 bits per heavy atom. The summed E-state index contributed by atoms with van der Waals surface area (Å²) in [7, 11) is 0. The molecule has 0 fully saturated rings. The SMILES string of the molecule is CCCn1cc(C=O)c(-c2cn(C(C)(C)C)nc2C)n1. The average molecular weight is 274 g/mol. The number of hydrogen-bond donors (Lipinski definition) is 0. The normalized spacial score (nSPS) is 11.8. The lowest BCUT2D eigenvalue weighted by molar-refractivity contribution is 0.112. The van der Waals surface area contributed by atoms with Crippen LogP contribution in [-0.2, 0) is 12.1 Å². The van der Waals surface area contributed by atoms with Gasteiger partial charge in [-0.05, 0) is 34.1 Å². The molecule has 20 heavy (non-hydrogen) atoms. The Balaban J connectivity index is 2.51. The van der Waals surface area contributed by atoms with E-state index in [-0.39, 0.29) is 5.54 Å². The van der Waals surface area contributed by atoms with Gasteiger partial charge in [0.2, 0.25) is 0 Å². The molecule has 2 aromatic heterocycles. The standard InChI is InChI=1S/C15H22N4O/c1-6-7-18-8-12(10-20)14(17-18)13-9-19(15(3,4)5)16-11(13)2/h8-10H,6-7H2,1-5H3. The molecule has 0 N–H and O–H groups in total. The van der Waals surface area contributed by atoms with Crippen LogP contribution in [0.15, 0.2) is 12.4 Å². The zero-order valence-electron chi connectivity index (χ0n) is 12.8. The van der Waals surface area contributed by atoms with Crippen molar-refractivity contribution >= 4 is 6.29 Å². The van der Waals surface area contributed by atoms with Crippen LogP contribution in [0.3, 0.4) is 0 Å². The summed E-state index contributed by atoms with van der Waals surface area (Å²) in [6.07, 6.45) is 5.63. The largest absolute Gasteiger partial charge is 0.298 e. The molecule has 5 heteroatoms.